The second-order valence-electron chi connectivity index (χ2n) is 7.08. The van der Waals surface area contributed by atoms with Crippen LogP contribution in [0, 0.1) is 6.92 Å². The Morgan fingerprint density at radius 1 is 1.30 bits per heavy atom. The minimum absolute atomic E-state index is 0.0134. The lowest BCUT2D eigenvalue weighted by atomic mass is 9.93. The molecular weight excluding hydrogens is 385 g/mol. The van der Waals surface area contributed by atoms with Crippen LogP contribution < -0.4 is 10.9 Å². The van der Waals surface area contributed by atoms with Gasteiger partial charge < -0.3 is 4.90 Å². The monoisotopic (exact) mass is 405 g/mol. The Hall–Kier alpha value is -1.73. The van der Waals surface area contributed by atoms with Crippen LogP contribution in [0.25, 0.3) is 0 Å². The molecule has 2 N–H and O–H groups in total. The molecule has 2 atom stereocenters. The van der Waals surface area contributed by atoms with E-state index in [2.05, 4.69) is 15.8 Å². The molecule has 142 valence electrons. The SMILES string of the molecule is Cc1nc2c(c(C3CCNN3)n1)C[C@H](C)N(C(=O)c1cccc(Cl)c1Cl)C2. The summed E-state index contributed by atoms with van der Waals surface area (Å²) in [5.74, 6) is 0.597. The molecule has 2 aliphatic heterocycles. The fourth-order valence-electron chi connectivity index (χ4n) is 3.83. The molecule has 0 aliphatic carbocycles. The number of hydrazine groups is 1. The van der Waals surface area contributed by atoms with Crippen molar-refractivity contribution in [2.45, 2.75) is 45.3 Å². The molecule has 27 heavy (non-hydrogen) atoms. The lowest BCUT2D eigenvalue weighted by Crippen LogP contribution is -2.44. The topological polar surface area (TPSA) is 70.2 Å². The van der Waals surface area contributed by atoms with E-state index >= 15 is 0 Å². The molecule has 1 aromatic carbocycles. The highest BCUT2D eigenvalue weighted by Gasteiger charge is 2.33. The van der Waals surface area contributed by atoms with Gasteiger partial charge in [-0.15, -0.1) is 0 Å². The van der Waals surface area contributed by atoms with Gasteiger partial charge in [0.05, 0.1) is 39.6 Å². The van der Waals surface area contributed by atoms with Gasteiger partial charge in [-0.3, -0.25) is 10.2 Å². The van der Waals surface area contributed by atoms with Gasteiger partial charge in [-0.2, -0.15) is 0 Å². The van der Waals surface area contributed by atoms with Crippen LogP contribution in [0.2, 0.25) is 10.0 Å². The highest BCUT2D eigenvalue weighted by molar-refractivity contribution is 6.43. The molecule has 1 amide bonds. The van der Waals surface area contributed by atoms with Gasteiger partial charge in [0.1, 0.15) is 5.82 Å². The Kier molecular flexibility index (Phi) is 5.07. The van der Waals surface area contributed by atoms with Gasteiger partial charge in [-0.05, 0) is 38.8 Å². The summed E-state index contributed by atoms with van der Waals surface area (Å²) in [7, 11) is 0. The molecule has 0 bridgehead atoms. The van der Waals surface area contributed by atoms with Crippen molar-refractivity contribution in [1.29, 1.82) is 0 Å². The van der Waals surface area contributed by atoms with E-state index in [0.717, 1.165) is 35.7 Å². The van der Waals surface area contributed by atoms with Crippen molar-refractivity contribution in [3.05, 3.63) is 56.6 Å². The molecule has 6 nitrogen and oxygen atoms in total. The molecule has 0 saturated carbocycles. The highest BCUT2D eigenvalue weighted by Crippen LogP contribution is 2.32. The summed E-state index contributed by atoms with van der Waals surface area (Å²) in [6.45, 7) is 5.29. The van der Waals surface area contributed by atoms with Crippen LogP contribution in [0.4, 0.5) is 0 Å². The normalized spacial score (nSPS) is 22.0. The molecule has 1 saturated heterocycles. The molecule has 2 aromatic rings. The second kappa shape index (κ2) is 7.36. The molecule has 1 unspecified atom stereocenters. The largest absolute Gasteiger partial charge is 0.330 e. The number of amides is 1. The zero-order valence-corrected chi connectivity index (χ0v) is 16.7. The van der Waals surface area contributed by atoms with Gasteiger partial charge in [0.2, 0.25) is 0 Å². The van der Waals surface area contributed by atoms with Crippen molar-refractivity contribution >= 4 is 29.1 Å². The molecule has 3 heterocycles. The summed E-state index contributed by atoms with van der Waals surface area (Å²) in [4.78, 5) is 24.3. The maximum atomic E-state index is 13.1. The van der Waals surface area contributed by atoms with Gasteiger partial charge in [-0.25, -0.2) is 15.4 Å². The number of rotatable bonds is 2. The minimum Gasteiger partial charge on any atom is -0.330 e. The third kappa shape index (κ3) is 3.43. The molecule has 1 fully saturated rings. The van der Waals surface area contributed by atoms with Crippen molar-refractivity contribution < 1.29 is 4.79 Å². The number of hydrogen-bond acceptors (Lipinski definition) is 5. The Labute approximate surface area is 168 Å². The summed E-state index contributed by atoms with van der Waals surface area (Å²) >= 11 is 12.4. The third-order valence-electron chi connectivity index (χ3n) is 5.20. The molecule has 1 aromatic heterocycles. The fraction of sp³-hybridized carbons (Fsp3) is 0.421. The molecule has 2 aliphatic rings. The van der Waals surface area contributed by atoms with E-state index in [9.17, 15) is 4.79 Å². The summed E-state index contributed by atoms with van der Waals surface area (Å²) in [5.41, 5.74) is 9.98. The molecule has 0 radical (unpaired) electrons. The summed E-state index contributed by atoms with van der Waals surface area (Å²) in [6, 6.07) is 5.33. The Balaban J connectivity index is 1.69. The maximum Gasteiger partial charge on any atom is 0.256 e. The van der Waals surface area contributed by atoms with E-state index in [1.807, 2.05) is 18.7 Å². The van der Waals surface area contributed by atoms with Crippen LogP contribution in [-0.4, -0.2) is 33.4 Å². The van der Waals surface area contributed by atoms with E-state index in [1.54, 1.807) is 18.2 Å². The summed E-state index contributed by atoms with van der Waals surface area (Å²) in [6.07, 6.45) is 1.70. The van der Waals surface area contributed by atoms with E-state index < -0.39 is 0 Å². The smallest absolute Gasteiger partial charge is 0.256 e. The van der Waals surface area contributed by atoms with Gasteiger partial charge >= 0.3 is 0 Å². The Morgan fingerprint density at radius 3 is 2.85 bits per heavy atom. The van der Waals surface area contributed by atoms with Crippen molar-refractivity contribution in [2.24, 2.45) is 0 Å². The molecular formula is C19H21Cl2N5O. The van der Waals surface area contributed by atoms with E-state index in [-0.39, 0.29) is 18.0 Å². The number of hydrogen-bond donors (Lipinski definition) is 2. The number of halogens is 2. The number of aryl methyl sites for hydroxylation is 1. The highest BCUT2D eigenvalue weighted by atomic mass is 35.5. The number of aromatic nitrogens is 2. The zero-order valence-electron chi connectivity index (χ0n) is 15.2. The zero-order chi connectivity index (χ0) is 19.1. The number of fused-ring (bicyclic) bond motifs is 1. The first-order chi connectivity index (χ1) is 13.0. The standard InChI is InChI=1S/C19H21Cl2N5O/c1-10-8-13-16(23-11(2)24-18(13)15-6-7-22-25-15)9-26(10)19(27)12-4-3-5-14(20)17(12)21/h3-5,10,15,22,25H,6-9H2,1-2H3/t10-,15?/m0/s1. The van der Waals surface area contributed by atoms with Gasteiger partial charge in [-0.1, -0.05) is 29.3 Å². The van der Waals surface area contributed by atoms with Crippen LogP contribution in [0.3, 0.4) is 0 Å². The van der Waals surface area contributed by atoms with E-state index in [0.29, 0.717) is 28.6 Å². The first-order valence-electron chi connectivity index (χ1n) is 9.05. The number of nitrogens with zero attached hydrogens (tertiary/aromatic N) is 3. The second-order valence-corrected chi connectivity index (χ2v) is 7.87. The van der Waals surface area contributed by atoms with Crippen LogP contribution in [0.1, 0.15) is 52.5 Å². The Bertz CT molecular complexity index is 898. The first kappa shape index (κ1) is 18.6. The molecule has 0 spiro atoms. The average Bonchev–Trinajstić information content (AvgIpc) is 3.17. The van der Waals surface area contributed by atoms with Crippen LogP contribution >= 0.6 is 23.2 Å². The van der Waals surface area contributed by atoms with Gasteiger partial charge in [0, 0.05) is 18.2 Å². The van der Waals surface area contributed by atoms with E-state index in [1.165, 1.54) is 0 Å². The predicted molar refractivity (Wildman–Crippen MR) is 105 cm³/mol. The molecule has 4 rings (SSSR count). The molecule has 8 heteroatoms. The van der Waals surface area contributed by atoms with Crippen LogP contribution in [-0.2, 0) is 13.0 Å². The van der Waals surface area contributed by atoms with Gasteiger partial charge in [0.25, 0.3) is 5.91 Å². The van der Waals surface area contributed by atoms with Crippen molar-refractivity contribution in [3.8, 4) is 0 Å². The maximum absolute atomic E-state index is 13.1. The van der Waals surface area contributed by atoms with Crippen LogP contribution in [0.15, 0.2) is 18.2 Å². The van der Waals surface area contributed by atoms with Crippen molar-refractivity contribution in [1.82, 2.24) is 25.7 Å². The number of carbonyl (C=O) groups excluding carboxylic acids is 1. The Morgan fingerprint density at radius 2 is 2.11 bits per heavy atom. The summed E-state index contributed by atoms with van der Waals surface area (Å²) < 4.78 is 0. The lowest BCUT2D eigenvalue weighted by molar-refractivity contribution is 0.0653. The average molecular weight is 406 g/mol. The number of carbonyl (C=O) groups is 1. The predicted octanol–water partition coefficient (Wildman–Crippen LogP) is 3.22. The van der Waals surface area contributed by atoms with Crippen molar-refractivity contribution in [2.75, 3.05) is 6.54 Å². The fourth-order valence-corrected chi connectivity index (χ4v) is 4.21. The first-order valence-corrected chi connectivity index (χ1v) is 9.81. The number of nitrogens with one attached hydrogen (secondary N) is 2. The van der Waals surface area contributed by atoms with E-state index in [4.69, 9.17) is 28.2 Å². The minimum atomic E-state index is -0.126. The van der Waals surface area contributed by atoms with Crippen molar-refractivity contribution in [3.63, 3.8) is 0 Å². The third-order valence-corrected chi connectivity index (χ3v) is 6.01. The quantitative estimate of drug-likeness (QED) is 0.802. The number of benzene rings is 1. The lowest BCUT2D eigenvalue weighted by Gasteiger charge is -2.36. The summed E-state index contributed by atoms with van der Waals surface area (Å²) in [5, 5.41) is 0.677. The van der Waals surface area contributed by atoms with Crippen LogP contribution in [0.5, 0.6) is 0 Å². The van der Waals surface area contributed by atoms with Gasteiger partial charge in [0.15, 0.2) is 0 Å².